The molecular weight excluding hydrogens is 973 g/mol. The molecule has 0 bridgehead atoms. The molecule has 6 unspecified atom stereocenters. The molecule has 12 nitrogen and oxygen atoms in total. The number of aliphatic carboxylic acids is 1. The van der Waals surface area contributed by atoms with E-state index in [1.165, 1.54) is 96.3 Å². The average Bonchev–Trinajstić information content (AvgIpc) is 3.42. The highest BCUT2D eigenvalue weighted by Gasteiger charge is 2.50. The minimum atomic E-state index is -1.91. The Hall–Kier alpha value is -3.58. The minimum Gasteiger partial charge on any atom is -0.479 e. The van der Waals surface area contributed by atoms with Crippen molar-refractivity contribution < 1.29 is 58.2 Å². The first-order valence-electron chi connectivity index (χ1n) is 31.3. The van der Waals surface area contributed by atoms with Crippen molar-refractivity contribution in [1.82, 2.24) is 0 Å². The lowest BCUT2D eigenvalue weighted by molar-refractivity contribution is -0.301. The van der Waals surface area contributed by atoms with Gasteiger partial charge in [0.05, 0.1) is 6.61 Å². The number of carbonyl (C=O) groups is 4. The highest BCUT2D eigenvalue weighted by atomic mass is 16.7. The molecule has 1 aliphatic rings. The van der Waals surface area contributed by atoms with E-state index >= 15 is 0 Å². The fraction of sp³-hybridized carbons (Fsp3) is 0.785. The Labute approximate surface area is 468 Å². The normalized spacial score (nSPS) is 18.4. The first-order valence-corrected chi connectivity index (χ1v) is 31.3. The number of carbonyl (C=O) groups excluding carboxylic acids is 3. The summed E-state index contributed by atoms with van der Waals surface area (Å²) in [6.45, 7) is 5.93. The third-order valence-corrected chi connectivity index (χ3v) is 14.1. The summed E-state index contributed by atoms with van der Waals surface area (Å²) in [5.74, 6) is -3.14. The van der Waals surface area contributed by atoms with E-state index in [-0.39, 0.29) is 25.9 Å². The molecule has 1 heterocycles. The number of aliphatic hydroxyl groups excluding tert-OH is 2. The SMILES string of the molecule is CCCCC/C=C\C/C=C\C/C=C\CCCCCCCCC(=O)OCC(COC1OC(C(=O)O)C(O)C(O)C1OC(=O)CCCCCCCCCCCCCCC)OC(=O)CCCCCCC/C=C\C/C=C\CCCCC. The molecule has 444 valence electrons. The van der Waals surface area contributed by atoms with Crippen molar-refractivity contribution in [3.63, 3.8) is 0 Å². The summed E-state index contributed by atoms with van der Waals surface area (Å²) in [5.41, 5.74) is 0. The molecule has 1 saturated heterocycles. The van der Waals surface area contributed by atoms with Crippen LogP contribution in [0.4, 0.5) is 0 Å². The van der Waals surface area contributed by atoms with E-state index in [1.807, 2.05) is 0 Å². The van der Waals surface area contributed by atoms with Gasteiger partial charge < -0.3 is 39.0 Å². The number of esters is 3. The summed E-state index contributed by atoms with van der Waals surface area (Å²) in [6.07, 6.45) is 53.2. The topological polar surface area (TPSA) is 175 Å². The van der Waals surface area contributed by atoms with Crippen molar-refractivity contribution in [2.45, 2.75) is 314 Å². The third kappa shape index (κ3) is 43.0. The van der Waals surface area contributed by atoms with Gasteiger partial charge in [0.2, 0.25) is 0 Å². The van der Waals surface area contributed by atoms with E-state index < -0.39 is 67.3 Å². The quantitative estimate of drug-likeness (QED) is 0.0228. The lowest BCUT2D eigenvalue weighted by atomic mass is 9.98. The van der Waals surface area contributed by atoms with Crippen LogP contribution in [-0.4, -0.2) is 89.2 Å². The summed E-state index contributed by atoms with van der Waals surface area (Å²) in [7, 11) is 0. The van der Waals surface area contributed by atoms with E-state index in [4.69, 9.17) is 23.7 Å². The summed E-state index contributed by atoms with van der Waals surface area (Å²) in [4.78, 5) is 51.2. The smallest absolute Gasteiger partial charge is 0.335 e. The minimum absolute atomic E-state index is 0.0599. The number of allylic oxidation sites excluding steroid dienone is 10. The molecule has 0 aliphatic carbocycles. The van der Waals surface area contributed by atoms with Gasteiger partial charge in [-0.25, -0.2) is 4.79 Å². The predicted molar refractivity (Wildman–Crippen MR) is 312 cm³/mol. The van der Waals surface area contributed by atoms with E-state index in [9.17, 15) is 34.5 Å². The zero-order chi connectivity index (χ0) is 56.1. The fourth-order valence-electron chi connectivity index (χ4n) is 9.23. The Balaban J connectivity index is 2.68. The summed E-state index contributed by atoms with van der Waals surface area (Å²) in [5, 5.41) is 31.5. The molecule has 0 aromatic heterocycles. The highest BCUT2D eigenvalue weighted by Crippen LogP contribution is 2.26. The second-order valence-corrected chi connectivity index (χ2v) is 21.3. The zero-order valence-corrected chi connectivity index (χ0v) is 49.0. The standard InChI is InChI=1S/C65H112O12/c1-4-7-10-13-16-19-22-25-27-28-29-30-32-34-36-39-42-45-48-51-57(66)73-54-56(75-58(67)52-49-46-43-40-38-35-31-26-23-20-17-14-11-8-5-2)55-74-65-63(61(70)60(69)62(77-65)64(71)72)76-59(68)53-50-47-44-41-37-33-24-21-18-15-12-9-6-3/h16-17,19-20,25-27,29-31,56,60-63,65,69-70H,4-15,18,21-24,28,32-55H2,1-3H3,(H,71,72)/b19-16-,20-17-,27-25-,30-29-,31-26-. The molecular formula is C65H112O12. The molecule has 77 heavy (non-hydrogen) atoms. The van der Waals surface area contributed by atoms with Gasteiger partial charge in [-0.2, -0.15) is 0 Å². The van der Waals surface area contributed by atoms with Crippen molar-refractivity contribution in [2.24, 2.45) is 0 Å². The lowest BCUT2D eigenvalue weighted by Gasteiger charge is -2.40. The molecule has 0 amide bonds. The van der Waals surface area contributed by atoms with E-state index in [1.54, 1.807) is 0 Å². The van der Waals surface area contributed by atoms with Crippen LogP contribution in [0.5, 0.6) is 0 Å². The maximum Gasteiger partial charge on any atom is 0.335 e. The van der Waals surface area contributed by atoms with Gasteiger partial charge in [-0.15, -0.1) is 0 Å². The van der Waals surface area contributed by atoms with Crippen LogP contribution >= 0.6 is 0 Å². The number of rotatable bonds is 53. The van der Waals surface area contributed by atoms with Gasteiger partial charge in [-0.3, -0.25) is 14.4 Å². The highest BCUT2D eigenvalue weighted by molar-refractivity contribution is 5.74. The van der Waals surface area contributed by atoms with E-state index in [0.717, 1.165) is 122 Å². The maximum atomic E-state index is 13.2. The number of hydrogen-bond acceptors (Lipinski definition) is 11. The largest absolute Gasteiger partial charge is 0.479 e. The van der Waals surface area contributed by atoms with Crippen molar-refractivity contribution in [3.05, 3.63) is 60.8 Å². The molecule has 12 heteroatoms. The number of aliphatic hydroxyl groups is 2. The van der Waals surface area contributed by atoms with Crippen LogP contribution in [0.1, 0.15) is 278 Å². The van der Waals surface area contributed by atoms with Crippen LogP contribution in [0.2, 0.25) is 0 Å². The van der Waals surface area contributed by atoms with Crippen LogP contribution in [0.15, 0.2) is 60.8 Å². The lowest BCUT2D eigenvalue weighted by Crippen LogP contribution is -2.61. The first-order chi connectivity index (χ1) is 37.6. The number of carboxylic acid groups (broad SMARTS) is 1. The Morgan fingerprint density at radius 1 is 0.429 bits per heavy atom. The second kappa shape index (κ2) is 53.1. The van der Waals surface area contributed by atoms with Gasteiger partial charge in [0.15, 0.2) is 24.6 Å². The van der Waals surface area contributed by atoms with Crippen LogP contribution in [0.3, 0.4) is 0 Å². The Morgan fingerprint density at radius 2 is 0.779 bits per heavy atom. The first kappa shape index (κ1) is 71.4. The predicted octanol–water partition coefficient (Wildman–Crippen LogP) is 16.3. The van der Waals surface area contributed by atoms with Crippen LogP contribution < -0.4 is 0 Å². The third-order valence-electron chi connectivity index (χ3n) is 14.1. The number of hydrogen-bond donors (Lipinski definition) is 3. The molecule has 0 radical (unpaired) electrons. The molecule has 6 atom stereocenters. The Bertz CT molecular complexity index is 1570. The molecule has 1 aliphatic heterocycles. The Kier molecular flexibility index (Phi) is 49.2. The molecule has 0 aromatic rings. The number of unbranched alkanes of at least 4 members (excludes halogenated alkanes) is 29. The summed E-state index contributed by atoms with van der Waals surface area (Å²) in [6, 6.07) is 0. The molecule has 3 N–H and O–H groups in total. The molecule has 0 saturated carbocycles. The molecule has 1 rings (SSSR count). The van der Waals surface area contributed by atoms with Crippen LogP contribution in [0, 0.1) is 0 Å². The second-order valence-electron chi connectivity index (χ2n) is 21.3. The maximum absolute atomic E-state index is 13.2. The number of ether oxygens (including phenoxy) is 5. The van der Waals surface area contributed by atoms with Crippen molar-refractivity contribution in [2.75, 3.05) is 13.2 Å². The molecule has 0 aromatic carbocycles. The van der Waals surface area contributed by atoms with Gasteiger partial charge in [0.1, 0.15) is 18.8 Å². The van der Waals surface area contributed by atoms with Gasteiger partial charge in [0, 0.05) is 19.3 Å². The van der Waals surface area contributed by atoms with Crippen molar-refractivity contribution in [1.29, 1.82) is 0 Å². The average molecular weight is 1090 g/mol. The monoisotopic (exact) mass is 1080 g/mol. The van der Waals surface area contributed by atoms with Gasteiger partial charge in [-0.1, -0.05) is 229 Å². The summed E-state index contributed by atoms with van der Waals surface area (Å²) < 4.78 is 28.5. The Morgan fingerprint density at radius 3 is 1.21 bits per heavy atom. The van der Waals surface area contributed by atoms with Gasteiger partial charge in [0.25, 0.3) is 0 Å². The van der Waals surface area contributed by atoms with Crippen molar-refractivity contribution >= 4 is 23.9 Å². The van der Waals surface area contributed by atoms with E-state index in [0.29, 0.717) is 19.3 Å². The van der Waals surface area contributed by atoms with Crippen LogP contribution in [-0.2, 0) is 42.9 Å². The van der Waals surface area contributed by atoms with Gasteiger partial charge >= 0.3 is 23.9 Å². The zero-order valence-electron chi connectivity index (χ0n) is 49.0. The molecule has 1 fully saturated rings. The van der Waals surface area contributed by atoms with Gasteiger partial charge in [-0.05, 0) is 89.9 Å². The van der Waals surface area contributed by atoms with E-state index in [2.05, 4.69) is 81.5 Å². The molecule has 0 spiro atoms. The van der Waals surface area contributed by atoms with Crippen LogP contribution in [0.25, 0.3) is 0 Å². The number of carboxylic acids is 1. The summed E-state index contributed by atoms with van der Waals surface area (Å²) >= 11 is 0. The fourth-order valence-corrected chi connectivity index (χ4v) is 9.23. The van der Waals surface area contributed by atoms with Crippen molar-refractivity contribution in [3.8, 4) is 0 Å².